The lowest BCUT2D eigenvalue weighted by Crippen LogP contribution is -2.07. The van der Waals surface area contributed by atoms with Crippen molar-refractivity contribution in [2.45, 2.75) is 26.2 Å². The minimum absolute atomic E-state index is 0.00264. The Labute approximate surface area is 61.4 Å². The van der Waals surface area contributed by atoms with Gasteiger partial charge in [0, 0.05) is 0 Å². The molecule has 0 aliphatic rings. The first-order chi connectivity index (χ1) is 4.62. The summed E-state index contributed by atoms with van der Waals surface area (Å²) in [4.78, 5) is 0. The quantitative estimate of drug-likeness (QED) is 0.583. The van der Waals surface area contributed by atoms with Gasteiger partial charge >= 0.3 is 0 Å². The third-order valence-corrected chi connectivity index (χ3v) is 2.47. The van der Waals surface area contributed by atoms with Crippen molar-refractivity contribution in [2.24, 2.45) is 0 Å². The monoisotopic (exact) mass is 168 g/mol. The fourth-order valence-electron chi connectivity index (χ4n) is 0.627. The summed E-state index contributed by atoms with van der Waals surface area (Å²) in [5.74, 6) is -0.00264. The number of sulfone groups is 1. The van der Waals surface area contributed by atoms with Gasteiger partial charge in [-0.3, -0.25) is 0 Å². The van der Waals surface area contributed by atoms with E-state index < -0.39 is 15.8 Å². The van der Waals surface area contributed by atoms with Crippen LogP contribution in [0, 0.1) is 0 Å². The van der Waals surface area contributed by atoms with Gasteiger partial charge in [0.15, 0.2) is 15.8 Å². The molecule has 0 saturated heterocycles. The molecule has 0 unspecified atom stereocenters. The highest BCUT2D eigenvalue weighted by Gasteiger charge is 2.07. The molecule has 0 aliphatic carbocycles. The summed E-state index contributed by atoms with van der Waals surface area (Å²) in [5.41, 5.74) is 0. The molecule has 0 bridgehead atoms. The van der Waals surface area contributed by atoms with Crippen molar-refractivity contribution < 1.29 is 12.8 Å². The molecule has 0 radical (unpaired) electrons. The molecule has 2 nitrogen and oxygen atoms in total. The molecule has 0 aromatic heterocycles. The van der Waals surface area contributed by atoms with Crippen LogP contribution in [0.15, 0.2) is 0 Å². The van der Waals surface area contributed by atoms with E-state index in [1.165, 1.54) is 0 Å². The van der Waals surface area contributed by atoms with Crippen LogP contribution in [0.25, 0.3) is 0 Å². The van der Waals surface area contributed by atoms with Crippen molar-refractivity contribution in [3.63, 3.8) is 0 Å². The Morgan fingerprint density at radius 2 is 1.90 bits per heavy atom. The largest absolute Gasteiger partial charge is 0.234 e. The fourth-order valence-corrected chi connectivity index (χ4v) is 1.38. The van der Waals surface area contributed by atoms with Gasteiger partial charge in [-0.2, -0.15) is 0 Å². The Morgan fingerprint density at radius 3 is 2.30 bits per heavy atom. The van der Waals surface area contributed by atoms with Crippen LogP contribution in [-0.2, 0) is 9.84 Å². The SMILES string of the molecule is CCCCCS(=O)(=O)CF. The molecule has 0 atom stereocenters. The summed E-state index contributed by atoms with van der Waals surface area (Å²) in [6.07, 6.45) is 2.41. The Balaban J connectivity index is 3.49. The van der Waals surface area contributed by atoms with Crippen LogP contribution in [-0.4, -0.2) is 20.2 Å². The molecule has 62 valence electrons. The van der Waals surface area contributed by atoms with E-state index >= 15 is 0 Å². The molecular weight excluding hydrogens is 155 g/mol. The van der Waals surface area contributed by atoms with Crippen molar-refractivity contribution in [3.8, 4) is 0 Å². The van der Waals surface area contributed by atoms with Crippen LogP contribution < -0.4 is 0 Å². The van der Waals surface area contributed by atoms with Gasteiger partial charge in [-0.15, -0.1) is 0 Å². The maximum Gasteiger partial charge on any atom is 0.190 e. The van der Waals surface area contributed by atoms with Gasteiger partial charge in [0.1, 0.15) is 0 Å². The van der Waals surface area contributed by atoms with Gasteiger partial charge in [0.05, 0.1) is 5.75 Å². The van der Waals surface area contributed by atoms with Gasteiger partial charge < -0.3 is 0 Å². The Kier molecular flexibility index (Phi) is 4.60. The molecular formula is C6H13FO2S. The summed E-state index contributed by atoms with van der Waals surface area (Å²) in [7, 11) is -3.36. The number of unbranched alkanes of at least 4 members (excludes halogenated alkanes) is 2. The summed E-state index contributed by atoms with van der Waals surface area (Å²) in [5, 5.41) is 0. The zero-order chi connectivity index (χ0) is 8.04. The van der Waals surface area contributed by atoms with E-state index in [1.807, 2.05) is 6.92 Å². The lowest BCUT2D eigenvalue weighted by molar-refractivity contribution is 0.532. The van der Waals surface area contributed by atoms with Gasteiger partial charge in [-0.05, 0) is 6.42 Å². The highest BCUT2D eigenvalue weighted by atomic mass is 32.2. The van der Waals surface area contributed by atoms with Crippen LogP contribution in [0.4, 0.5) is 4.39 Å². The average molecular weight is 168 g/mol. The predicted octanol–water partition coefficient (Wildman–Crippen LogP) is 1.52. The van der Waals surface area contributed by atoms with E-state index in [0.29, 0.717) is 6.42 Å². The molecule has 4 heteroatoms. The fraction of sp³-hybridized carbons (Fsp3) is 1.00. The molecule has 0 rings (SSSR count). The standard InChI is InChI=1S/C6H13FO2S/c1-2-3-4-5-10(8,9)6-7/h2-6H2,1H3. The number of alkyl halides is 1. The van der Waals surface area contributed by atoms with Crippen molar-refractivity contribution in [3.05, 3.63) is 0 Å². The van der Waals surface area contributed by atoms with Crippen molar-refractivity contribution in [1.82, 2.24) is 0 Å². The van der Waals surface area contributed by atoms with Crippen molar-refractivity contribution in [2.75, 3.05) is 11.8 Å². The number of halogens is 1. The normalized spacial score (nSPS) is 11.8. The topological polar surface area (TPSA) is 34.1 Å². The van der Waals surface area contributed by atoms with Crippen LogP contribution in [0.2, 0.25) is 0 Å². The number of hydrogen-bond acceptors (Lipinski definition) is 2. The highest BCUT2D eigenvalue weighted by Crippen LogP contribution is 1.99. The first-order valence-electron chi connectivity index (χ1n) is 3.39. The molecule has 0 heterocycles. The molecule has 0 aliphatic heterocycles. The van der Waals surface area contributed by atoms with E-state index in [9.17, 15) is 12.8 Å². The van der Waals surface area contributed by atoms with E-state index in [2.05, 4.69) is 0 Å². The molecule has 10 heavy (non-hydrogen) atoms. The number of rotatable bonds is 5. The van der Waals surface area contributed by atoms with Crippen LogP contribution >= 0.6 is 0 Å². The summed E-state index contributed by atoms with van der Waals surface area (Å²) in [6.45, 7) is 1.97. The van der Waals surface area contributed by atoms with E-state index in [4.69, 9.17) is 0 Å². The van der Waals surface area contributed by atoms with Gasteiger partial charge in [0.2, 0.25) is 0 Å². The molecule has 0 aromatic carbocycles. The second-order valence-electron chi connectivity index (χ2n) is 2.26. The Morgan fingerprint density at radius 1 is 1.30 bits per heavy atom. The minimum atomic E-state index is -3.36. The molecule has 0 saturated carbocycles. The zero-order valence-electron chi connectivity index (χ0n) is 6.14. The van der Waals surface area contributed by atoms with Gasteiger partial charge in [0.25, 0.3) is 0 Å². The minimum Gasteiger partial charge on any atom is -0.234 e. The third kappa shape index (κ3) is 4.73. The van der Waals surface area contributed by atoms with Crippen LogP contribution in [0.5, 0.6) is 0 Å². The second-order valence-corrected chi connectivity index (χ2v) is 4.38. The lowest BCUT2D eigenvalue weighted by atomic mass is 10.3. The van der Waals surface area contributed by atoms with E-state index in [-0.39, 0.29) is 5.75 Å². The summed E-state index contributed by atoms with van der Waals surface area (Å²) < 4.78 is 32.6. The Hall–Kier alpha value is -0.120. The first kappa shape index (κ1) is 9.88. The highest BCUT2D eigenvalue weighted by molar-refractivity contribution is 7.91. The van der Waals surface area contributed by atoms with E-state index in [0.717, 1.165) is 12.8 Å². The van der Waals surface area contributed by atoms with Crippen molar-refractivity contribution in [1.29, 1.82) is 0 Å². The first-order valence-corrected chi connectivity index (χ1v) is 5.21. The summed E-state index contributed by atoms with van der Waals surface area (Å²) >= 11 is 0. The maximum atomic E-state index is 11.6. The number of hydrogen-bond donors (Lipinski definition) is 0. The van der Waals surface area contributed by atoms with Crippen molar-refractivity contribution >= 4 is 9.84 Å². The third-order valence-electron chi connectivity index (χ3n) is 1.23. The molecule has 0 N–H and O–H groups in total. The summed E-state index contributed by atoms with van der Waals surface area (Å²) in [6, 6.07) is -1.21. The van der Waals surface area contributed by atoms with Crippen LogP contribution in [0.1, 0.15) is 26.2 Å². The molecule has 0 spiro atoms. The smallest absolute Gasteiger partial charge is 0.190 e. The Bertz CT molecular complexity index is 163. The van der Waals surface area contributed by atoms with Crippen LogP contribution in [0.3, 0.4) is 0 Å². The average Bonchev–Trinajstić information content (AvgIpc) is 1.89. The lowest BCUT2D eigenvalue weighted by Gasteiger charge is -1.96. The van der Waals surface area contributed by atoms with E-state index in [1.54, 1.807) is 0 Å². The molecule has 0 aromatic rings. The predicted molar refractivity (Wildman–Crippen MR) is 39.3 cm³/mol. The molecule has 0 fully saturated rings. The van der Waals surface area contributed by atoms with Gasteiger partial charge in [-0.25, -0.2) is 12.8 Å². The molecule has 0 amide bonds. The van der Waals surface area contributed by atoms with Gasteiger partial charge in [-0.1, -0.05) is 19.8 Å². The zero-order valence-corrected chi connectivity index (χ0v) is 6.95. The second kappa shape index (κ2) is 4.66. The maximum absolute atomic E-state index is 11.6.